The van der Waals surface area contributed by atoms with Crippen LogP contribution in [0.5, 0.6) is 0 Å². The first-order chi connectivity index (χ1) is 11.5. The minimum absolute atomic E-state index is 0. The summed E-state index contributed by atoms with van der Waals surface area (Å²) in [6, 6.07) is 0. The van der Waals surface area contributed by atoms with E-state index in [9.17, 15) is 0 Å². The fourth-order valence-corrected chi connectivity index (χ4v) is 4.45. The van der Waals surface area contributed by atoms with Crippen molar-refractivity contribution in [3.8, 4) is 0 Å². The summed E-state index contributed by atoms with van der Waals surface area (Å²) >= 11 is 0. The van der Waals surface area contributed by atoms with E-state index in [1.807, 2.05) is 0 Å². The van der Waals surface area contributed by atoms with E-state index in [0.29, 0.717) is 0 Å². The molecular weight excluding hydrogens is 633 g/mol. The molecule has 0 amide bonds. The third-order valence-electron chi connectivity index (χ3n) is 6.27. The van der Waals surface area contributed by atoms with Crippen molar-refractivity contribution in [1.29, 1.82) is 0 Å². The number of hydrogen-bond donors (Lipinski definition) is 0. The van der Waals surface area contributed by atoms with Gasteiger partial charge in [0.05, 0.1) is 0 Å². The molecule has 4 rings (SSSR count). The molecule has 3 heteroatoms. The second-order valence-corrected chi connectivity index (χ2v) is 8.68. The molecule has 0 nitrogen and oxygen atoms in total. The van der Waals surface area contributed by atoms with Crippen LogP contribution in [0.15, 0.2) is 47.6 Å². The van der Waals surface area contributed by atoms with E-state index in [-0.39, 0.29) is 74.2 Å². The van der Waals surface area contributed by atoms with Crippen LogP contribution in [0.3, 0.4) is 0 Å². The smallest absolute Gasteiger partial charge is 1.00 e. The summed E-state index contributed by atoms with van der Waals surface area (Å²) in [7, 11) is 0. The van der Waals surface area contributed by atoms with E-state index in [1.165, 1.54) is 25.7 Å². The maximum Gasteiger partial charge on any atom is 4.00 e. The minimum atomic E-state index is 0. The van der Waals surface area contributed by atoms with Gasteiger partial charge in [-0.05, 0) is 24.7 Å². The van der Waals surface area contributed by atoms with Gasteiger partial charge in [-0.15, -0.1) is 24.3 Å². The van der Waals surface area contributed by atoms with E-state index in [1.54, 1.807) is 11.1 Å². The zero-order valence-corrected chi connectivity index (χ0v) is 23.9. The van der Waals surface area contributed by atoms with E-state index in [2.05, 4.69) is 77.0 Å². The summed E-state index contributed by atoms with van der Waals surface area (Å²) in [5.74, 6) is 5.00. The summed E-state index contributed by atoms with van der Waals surface area (Å²) < 4.78 is 0. The Kier molecular flexibility index (Phi) is 13.9. The van der Waals surface area contributed by atoms with Gasteiger partial charge in [-0.1, -0.05) is 64.2 Å². The Morgan fingerprint density at radius 3 is 1.41 bits per heavy atom. The molecule has 4 aliphatic rings. The van der Waals surface area contributed by atoms with Gasteiger partial charge in [0, 0.05) is 0 Å². The van der Waals surface area contributed by atoms with Crippen LogP contribution in [-0.4, -0.2) is 0 Å². The molecule has 4 unspecified atom stereocenters. The zero-order valence-electron chi connectivity index (χ0n) is 17.2. The normalized spacial score (nSPS) is 29.4. The van der Waals surface area contributed by atoms with E-state index in [4.69, 9.17) is 0 Å². The van der Waals surface area contributed by atoms with Gasteiger partial charge in [-0.25, -0.2) is 36.1 Å². The fourth-order valence-electron chi connectivity index (χ4n) is 4.45. The first-order valence-corrected chi connectivity index (χ1v) is 9.97. The summed E-state index contributed by atoms with van der Waals surface area (Å²) in [5.41, 5.74) is 3.19. The molecule has 0 aliphatic heterocycles. The van der Waals surface area contributed by atoms with Crippen LogP contribution in [-0.2, 0) is 26.2 Å². The Hall–Kier alpha value is 1.04. The summed E-state index contributed by atoms with van der Waals surface area (Å²) in [4.78, 5) is 0. The zero-order chi connectivity index (χ0) is 17.1. The minimum Gasteiger partial charge on any atom is -1.00 e. The van der Waals surface area contributed by atoms with Gasteiger partial charge >= 0.3 is 26.2 Å². The first kappa shape index (κ1) is 28.0. The van der Waals surface area contributed by atoms with E-state index >= 15 is 0 Å². The Labute approximate surface area is 221 Å². The fraction of sp³-hybridized carbons (Fsp3) is 0.583. The van der Waals surface area contributed by atoms with Crippen LogP contribution in [0, 0.1) is 48.3 Å². The molecular formula is C24H34I2Zr. The molecule has 2 fully saturated rings. The van der Waals surface area contributed by atoms with Crippen molar-refractivity contribution in [1.82, 2.24) is 0 Å². The first-order valence-electron chi connectivity index (χ1n) is 9.97. The average Bonchev–Trinajstić information content (AvgIpc) is 3.19. The standard InChI is InChI=1S/2C12H17.2HI.Zr/c2*1-9(2)12-7-10-5-3-4-6-11(10)8-12;;;/h2*3-5,7,9,11-12H,6,8H2,1-2H3;2*1H;/q2*-1;;;+4/p-2. The third-order valence-corrected chi connectivity index (χ3v) is 6.27. The van der Waals surface area contributed by atoms with Crippen molar-refractivity contribution in [2.45, 2.75) is 53.4 Å². The Morgan fingerprint density at radius 1 is 0.741 bits per heavy atom. The molecule has 0 aromatic rings. The predicted octanol–water partition coefficient (Wildman–Crippen LogP) is 0.744. The van der Waals surface area contributed by atoms with Gasteiger partial charge in [-0.3, -0.25) is 0 Å². The van der Waals surface area contributed by atoms with Crippen LogP contribution in [0.1, 0.15) is 53.4 Å². The molecule has 4 atom stereocenters. The van der Waals surface area contributed by atoms with Crippen molar-refractivity contribution in [2.75, 3.05) is 0 Å². The average molecular weight is 668 g/mol. The largest absolute Gasteiger partial charge is 4.00 e. The van der Waals surface area contributed by atoms with Crippen LogP contribution >= 0.6 is 0 Å². The quantitative estimate of drug-likeness (QED) is 0.302. The van der Waals surface area contributed by atoms with E-state index < -0.39 is 0 Å². The maximum atomic E-state index is 2.48. The van der Waals surface area contributed by atoms with Gasteiger partial charge in [0.15, 0.2) is 0 Å². The molecule has 0 aromatic carbocycles. The molecule has 0 heterocycles. The number of fused-ring (bicyclic) bond motifs is 2. The van der Waals surface area contributed by atoms with Crippen molar-refractivity contribution >= 4 is 0 Å². The molecule has 148 valence electrons. The molecule has 0 spiro atoms. The predicted molar refractivity (Wildman–Crippen MR) is 105 cm³/mol. The second-order valence-electron chi connectivity index (χ2n) is 8.68. The summed E-state index contributed by atoms with van der Waals surface area (Å²) in [5, 5.41) is 0. The maximum absolute atomic E-state index is 2.48. The molecule has 0 aromatic heterocycles. The molecule has 0 saturated heterocycles. The SMILES string of the molecule is CC(C)C1[CH-]C2=CC=CCC2C1.CC(C)C1[CH-]C2=CC=CCC2C1.[I-].[I-].[Zr+4]. The Bertz CT molecular complexity index is 507. The van der Waals surface area contributed by atoms with Gasteiger partial charge < -0.3 is 48.0 Å². The molecule has 0 bridgehead atoms. The van der Waals surface area contributed by atoms with Gasteiger partial charge in [0.25, 0.3) is 0 Å². The molecule has 4 aliphatic carbocycles. The summed E-state index contributed by atoms with van der Waals surface area (Å²) in [6.45, 7) is 9.30. The van der Waals surface area contributed by atoms with Crippen LogP contribution in [0.4, 0.5) is 0 Å². The number of hydrogen-bond acceptors (Lipinski definition) is 0. The molecule has 0 N–H and O–H groups in total. The van der Waals surface area contributed by atoms with Crippen LogP contribution in [0.25, 0.3) is 0 Å². The topological polar surface area (TPSA) is 0 Å². The van der Waals surface area contributed by atoms with Crippen LogP contribution in [0.2, 0.25) is 0 Å². The van der Waals surface area contributed by atoms with Gasteiger partial charge in [0.2, 0.25) is 0 Å². The van der Waals surface area contributed by atoms with Gasteiger partial charge in [-0.2, -0.15) is 0 Å². The molecule has 0 radical (unpaired) electrons. The summed E-state index contributed by atoms with van der Waals surface area (Å²) in [6.07, 6.45) is 23.8. The van der Waals surface area contributed by atoms with E-state index in [0.717, 1.165) is 35.5 Å². The van der Waals surface area contributed by atoms with Gasteiger partial charge in [0.1, 0.15) is 0 Å². The molecule has 2 saturated carbocycles. The number of allylic oxidation sites excluding steroid dienone is 8. The van der Waals surface area contributed by atoms with Crippen LogP contribution < -0.4 is 48.0 Å². The van der Waals surface area contributed by atoms with Crippen molar-refractivity contribution in [3.63, 3.8) is 0 Å². The number of rotatable bonds is 2. The monoisotopic (exact) mass is 666 g/mol. The van der Waals surface area contributed by atoms with Crippen molar-refractivity contribution in [3.05, 3.63) is 60.4 Å². The molecule has 27 heavy (non-hydrogen) atoms. The Morgan fingerprint density at radius 2 is 1.11 bits per heavy atom. The second kappa shape index (κ2) is 13.4. The third kappa shape index (κ3) is 7.66. The number of halogens is 2. The van der Waals surface area contributed by atoms with Crippen molar-refractivity contribution < 1.29 is 74.2 Å². The Balaban J connectivity index is 0.000000451. The van der Waals surface area contributed by atoms with Crippen molar-refractivity contribution in [2.24, 2.45) is 35.5 Å².